The Morgan fingerprint density at radius 3 is 2.61 bits per heavy atom. The van der Waals surface area contributed by atoms with E-state index in [1.807, 2.05) is 29.0 Å². The summed E-state index contributed by atoms with van der Waals surface area (Å²) in [5.41, 5.74) is 6.48. The van der Waals surface area contributed by atoms with Crippen molar-refractivity contribution in [2.24, 2.45) is 17.6 Å². The minimum atomic E-state index is -0.197. The van der Waals surface area contributed by atoms with E-state index in [0.29, 0.717) is 26.7 Å². The molecular formula is C21H24ClN3O2S. The summed E-state index contributed by atoms with van der Waals surface area (Å²) < 4.78 is 2.49. The van der Waals surface area contributed by atoms with Gasteiger partial charge in [0.05, 0.1) is 14.9 Å². The van der Waals surface area contributed by atoms with Crippen LogP contribution in [0.3, 0.4) is 0 Å². The number of carbonyl (C=O) groups excluding carboxylic acids is 1. The second kappa shape index (κ2) is 8.15. The molecule has 2 heterocycles. The third kappa shape index (κ3) is 3.90. The number of thiophene rings is 1. The first-order valence-corrected chi connectivity index (χ1v) is 10.8. The number of amides is 1. The van der Waals surface area contributed by atoms with Crippen molar-refractivity contribution in [3.63, 3.8) is 0 Å². The average molecular weight is 418 g/mol. The number of nitrogens with zero attached hydrogens (tertiary/aromatic N) is 1. The molecule has 2 aromatic heterocycles. The van der Waals surface area contributed by atoms with Gasteiger partial charge in [0.2, 0.25) is 0 Å². The second-order valence-electron chi connectivity index (χ2n) is 7.55. The maximum Gasteiger partial charge on any atom is 0.265 e. The van der Waals surface area contributed by atoms with Crippen molar-refractivity contribution in [3.05, 3.63) is 45.7 Å². The van der Waals surface area contributed by atoms with Crippen LogP contribution < -0.4 is 11.1 Å². The van der Waals surface area contributed by atoms with Crippen LogP contribution in [0.4, 0.5) is 5.69 Å². The highest BCUT2D eigenvalue weighted by Gasteiger charge is 2.22. The van der Waals surface area contributed by atoms with Crippen molar-refractivity contribution in [1.29, 1.82) is 0 Å². The molecule has 0 unspecified atom stereocenters. The van der Waals surface area contributed by atoms with Crippen molar-refractivity contribution in [3.8, 4) is 5.88 Å². The Balaban J connectivity index is 1.55. The van der Waals surface area contributed by atoms with Gasteiger partial charge in [0.15, 0.2) is 5.88 Å². The predicted octanol–water partition coefficient (Wildman–Crippen LogP) is 5.08. The molecule has 4 rings (SSSR count). The molecule has 0 aliphatic heterocycles. The van der Waals surface area contributed by atoms with Gasteiger partial charge in [0, 0.05) is 23.5 Å². The number of fused-ring (bicyclic) bond motifs is 1. The molecule has 0 radical (unpaired) electrons. The molecule has 1 aliphatic carbocycles. The highest BCUT2D eigenvalue weighted by atomic mass is 35.5. The van der Waals surface area contributed by atoms with E-state index in [1.54, 1.807) is 12.1 Å². The van der Waals surface area contributed by atoms with Gasteiger partial charge in [-0.3, -0.25) is 4.79 Å². The number of hydrogen-bond acceptors (Lipinski definition) is 4. The molecule has 5 nitrogen and oxygen atoms in total. The SMILES string of the molecule is NCC1CCC(Cn2cc3c(NC(=O)c4ccc(Cl)s4)cccc3c2O)CC1. The van der Waals surface area contributed by atoms with E-state index in [2.05, 4.69) is 5.32 Å². The molecule has 28 heavy (non-hydrogen) atoms. The molecule has 0 atom stereocenters. The number of benzene rings is 1. The van der Waals surface area contributed by atoms with Crippen molar-refractivity contribution in [2.45, 2.75) is 32.2 Å². The minimum absolute atomic E-state index is 0.197. The van der Waals surface area contributed by atoms with Crippen LogP contribution in [0.1, 0.15) is 35.4 Å². The quantitative estimate of drug-likeness (QED) is 0.541. The molecule has 3 aromatic rings. The summed E-state index contributed by atoms with van der Waals surface area (Å²) in [4.78, 5) is 13.1. The van der Waals surface area contributed by atoms with Gasteiger partial charge >= 0.3 is 0 Å². The number of hydrogen-bond donors (Lipinski definition) is 3. The fourth-order valence-corrected chi connectivity index (χ4v) is 5.01. The molecule has 1 aromatic carbocycles. The van der Waals surface area contributed by atoms with Gasteiger partial charge in [0.1, 0.15) is 0 Å². The lowest BCUT2D eigenvalue weighted by atomic mass is 9.82. The normalized spacial score (nSPS) is 19.8. The van der Waals surface area contributed by atoms with Crippen LogP contribution in [0, 0.1) is 11.8 Å². The molecule has 0 spiro atoms. The van der Waals surface area contributed by atoms with Crippen LogP contribution in [0.5, 0.6) is 5.88 Å². The van der Waals surface area contributed by atoms with Crippen LogP contribution in [0.2, 0.25) is 4.34 Å². The zero-order valence-corrected chi connectivity index (χ0v) is 17.1. The summed E-state index contributed by atoms with van der Waals surface area (Å²) in [5.74, 6) is 1.24. The molecule has 0 bridgehead atoms. The molecule has 4 N–H and O–H groups in total. The summed E-state index contributed by atoms with van der Waals surface area (Å²) in [5, 5.41) is 15.2. The second-order valence-corrected chi connectivity index (χ2v) is 9.27. The number of aromatic hydroxyl groups is 1. The van der Waals surface area contributed by atoms with Crippen molar-refractivity contribution in [1.82, 2.24) is 4.57 Å². The van der Waals surface area contributed by atoms with E-state index >= 15 is 0 Å². The average Bonchev–Trinajstić information content (AvgIpc) is 3.27. The Kier molecular flexibility index (Phi) is 5.62. The lowest BCUT2D eigenvalue weighted by Crippen LogP contribution is -2.23. The van der Waals surface area contributed by atoms with Gasteiger partial charge in [-0.25, -0.2) is 0 Å². The Morgan fingerprint density at radius 2 is 1.93 bits per heavy atom. The zero-order chi connectivity index (χ0) is 19.7. The molecule has 7 heteroatoms. The number of halogens is 1. The Morgan fingerprint density at radius 1 is 1.18 bits per heavy atom. The molecular weight excluding hydrogens is 394 g/mol. The van der Waals surface area contributed by atoms with Gasteiger partial charge in [0.25, 0.3) is 5.91 Å². The fourth-order valence-electron chi connectivity index (χ4n) is 4.07. The summed E-state index contributed by atoms with van der Waals surface area (Å²) in [6.45, 7) is 1.55. The molecule has 1 fully saturated rings. The standard InChI is InChI=1S/C21H24ClN3O2S/c22-19-9-8-18(28-19)20(26)24-17-3-1-2-15-16(17)12-25(21(15)27)11-14-6-4-13(10-23)5-7-14/h1-3,8-9,12-14,27H,4-7,10-11,23H2,(H,24,26). The van der Waals surface area contributed by atoms with Gasteiger partial charge in [-0.05, 0) is 68.3 Å². The summed E-state index contributed by atoms with van der Waals surface area (Å²) in [7, 11) is 0. The summed E-state index contributed by atoms with van der Waals surface area (Å²) in [6, 6.07) is 9.00. The van der Waals surface area contributed by atoms with Crippen LogP contribution in [0.15, 0.2) is 36.5 Å². The molecule has 148 valence electrons. The highest BCUT2D eigenvalue weighted by molar-refractivity contribution is 7.18. The number of anilines is 1. The maximum absolute atomic E-state index is 12.5. The van der Waals surface area contributed by atoms with Gasteiger partial charge < -0.3 is 20.7 Å². The minimum Gasteiger partial charge on any atom is -0.494 e. The van der Waals surface area contributed by atoms with Gasteiger partial charge in [-0.15, -0.1) is 11.3 Å². The smallest absolute Gasteiger partial charge is 0.265 e. The van der Waals surface area contributed by atoms with Gasteiger partial charge in [-0.1, -0.05) is 17.7 Å². The fraction of sp³-hybridized carbons (Fsp3) is 0.381. The van der Waals surface area contributed by atoms with E-state index < -0.39 is 0 Å². The van der Waals surface area contributed by atoms with Crippen LogP contribution in [-0.4, -0.2) is 22.1 Å². The van der Waals surface area contributed by atoms with E-state index in [1.165, 1.54) is 11.3 Å². The van der Waals surface area contributed by atoms with Crippen LogP contribution in [-0.2, 0) is 6.54 Å². The predicted molar refractivity (Wildman–Crippen MR) is 115 cm³/mol. The lowest BCUT2D eigenvalue weighted by Gasteiger charge is -2.28. The highest BCUT2D eigenvalue weighted by Crippen LogP contribution is 2.36. The topological polar surface area (TPSA) is 80.3 Å². The first-order chi connectivity index (χ1) is 13.5. The maximum atomic E-state index is 12.5. The third-order valence-electron chi connectivity index (χ3n) is 5.70. The molecule has 1 aliphatic rings. The van der Waals surface area contributed by atoms with Crippen LogP contribution >= 0.6 is 22.9 Å². The number of nitrogens with two attached hydrogens (primary N) is 1. The monoisotopic (exact) mass is 417 g/mol. The van der Waals surface area contributed by atoms with E-state index in [0.717, 1.165) is 49.5 Å². The Hall–Kier alpha value is -2.02. The number of carbonyl (C=O) groups is 1. The van der Waals surface area contributed by atoms with E-state index in [4.69, 9.17) is 17.3 Å². The molecule has 1 saturated carbocycles. The molecule has 1 amide bonds. The Labute approximate surface area is 173 Å². The van der Waals surface area contributed by atoms with Gasteiger partial charge in [-0.2, -0.15) is 0 Å². The third-order valence-corrected chi connectivity index (χ3v) is 6.93. The number of aromatic nitrogens is 1. The first-order valence-electron chi connectivity index (χ1n) is 9.62. The zero-order valence-electron chi connectivity index (χ0n) is 15.5. The number of nitrogens with one attached hydrogen (secondary N) is 1. The summed E-state index contributed by atoms with van der Waals surface area (Å²) >= 11 is 7.18. The van der Waals surface area contributed by atoms with E-state index in [9.17, 15) is 9.90 Å². The molecule has 0 saturated heterocycles. The number of rotatable bonds is 5. The summed E-state index contributed by atoms with van der Waals surface area (Å²) in [6.07, 6.45) is 6.54. The van der Waals surface area contributed by atoms with Crippen molar-refractivity contribution < 1.29 is 9.90 Å². The largest absolute Gasteiger partial charge is 0.494 e. The lowest BCUT2D eigenvalue weighted by molar-refractivity contribution is 0.103. The van der Waals surface area contributed by atoms with E-state index in [-0.39, 0.29) is 11.8 Å². The Bertz CT molecular complexity index is 989. The first kappa shape index (κ1) is 19.3. The van der Waals surface area contributed by atoms with Crippen molar-refractivity contribution in [2.75, 3.05) is 11.9 Å². The van der Waals surface area contributed by atoms with Crippen LogP contribution in [0.25, 0.3) is 10.8 Å². The van der Waals surface area contributed by atoms with Crippen molar-refractivity contribution >= 4 is 45.3 Å².